The number of thiophene rings is 1. The van der Waals surface area contributed by atoms with Crippen molar-refractivity contribution < 1.29 is 9.59 Å². The fourth-order valence-corrected chi connectivity index (χ4v) is 5.52. The maximum Gasteiger partial charge on any atom is 0.264 e. The van der Waals surface area contributed by atoms with E-state index in [1.54, 1.807) is 4.90 Å². The lowest BCUT2D eigenvalue weighted by atomic mass is 9.98. The molecule has 3 heterocycles. The Hall–Kier alpha value is -2.18. The van der Waals surface area contributed by atoms with Crippen LogP contribution in [0.2, 0.25) is 0 Å². The Bertz CT molecular complexity index is 883. The summed E-state index contributed by atoms with van der Waals surface area (Å²) in [6, 6.07) is 11.8. The van der Waals surface area contributed by atoms with Crippen LogP contribution in [0, 0.1) is 5.92 Å². The fourth-order valence-electron chi connectivity index (χ4n) is 4.84. The molecule has 4 rings (SSSR count). The second-order valence-corrected chi connectivity index (χ2v) is 9.90. The fraction of sp³-hybridized carbons (Fsp3) is 0.520. The predicted molar refractivity (Wildman–Crippen MR) is 125 cm³/mol. The van der Waals surface area contributed by atoms with Crippen LogP contribution in [-0.2, 0) is 17.9 Å². The van der Waals surface area contributed by atoms with Crippen LogP contribution in [0.5, 0.6) is 0 Å². The lowest BCUT2D eigenvalue weighted by Crippen LogP contribution is -2.51. The van der Waals surface area contributed by atoms with Crippen molar-refractivity contribution in [3.63, 3.8) is 0 Å². The maximum atomic E-state index is 13.1. The van der Waals surface area contributed by atoms with Crippen molar-refractivity contribution in [1.29, 1.82) is 0 Å². The minimum Gasteiger partial charge on any atom is -0.350 e. The van der Waals surface area contributed by atoms with Crippen LogP contribution >= 0.6 is 11.3 Å². The summed E-state index contributed by atoms with van der Waals surface area (Å²) in [5, 5.41) is 5.05. The molecule has 1 N–H and O–H groups in total. The van der Waals surface area contributed by atoms with Crippen molar-refractivity contribution in [2.24, 2.45) is 5.92 Å². The zero-order chi connectivity index (χ0) is 21.6. The lowest BCUT2D eigenvalue weighted by Gasteiger charge is -2.34. The summed E-state index contributed by atoms with van der Waals surface area (Å²) in [7, 11) is 0. The first-order chi connectivity index (χ1) is 15.1. The maximum absolute atomic E-state index is 13.1. The highest BCUT2D eigenvalue weighted by atomic mass is 32.1. The summed E-state index contributed by atoms with van der Waals surface area (Å²) in [6.07, 6.45) is 5.25. The second-order valence-electron chi connectivity index (χ2n) is 8.96. The Balaban J connectivity index is 1.39. The van der Waals surface area contributed by atoms with E-state index in [1.807, 2.05) is 23.6 Å². The molecular weight excluding hydrogens is 406 g/mol. The average Bonchev–Trinajstić information content (AvgIpc) is 3.33. The summed E-state index contributed by atoms with van der Waals surface area (Å²) in [6.45, 7) is 6.71. The standard InChI is InChI=1S/C25H33N3O2S/c1-19-8-6-13-27(17-19)18-21-10-3-2-9-20(21)16-26-24(29)22-11-4-5-14-28(22)25(30)23-12-7-15-31-23/h2-3,7,9-10,12,15,19,22H,4-6,8,11,13-14,16-18H2,1H3,(H,26,29). The third-order valence-corrected chi connectivity index (χ3v) is 7.36. The number of nitrogens with zero attached hydrogens (tertiary/aromatic N) is 2. The van der Waals surface area contributed by atoms with Gasteiger partial charge in [-0.05, 0) is 67.1 Å². The molecule has 2 atom stereocenters. The number of carbonyl (C=O) groups is 2. The van der Waals surface area contributed by atoms with Crippen molar-refractivity contribution in [1.82, 2.24) is 15.1 Å². The first-order valence-corrected chi connectivity index (χ1v) is 12.4. The molecule has 0 spiro atoms. The van der Waals surface area contributed by atoms with Gasteiger partial charge in [-0.1, -0.05) is 37.3 Å². The number of nitrogens with one attached hydrogen (secondary N) is 1. The summed E-state index contributed by atoms with van der Waals surface area (Å²) < 4.78 is 0. The third kappa shape index (κ3) is 5.55. The van der Waals surface area contributed by atoms with E-state index in [0.717, 1.165) is 44.8 Å². The van der Waals surface area contributed by atoms with Crippen molar-refractivity contribution >= 4 is 23.2 Å². The molecular formula is C25H33N3O2S. The van der Waals surface area contributed by atoms with E-state index in [0.29, 0.717) is 18.0 Å². The van der Waals surface area contributed by atoms with Crippen molar-refractivity contribution in [3.05, 3.63) is 57.8 Å². The SMILES string of the molecule is CC1CCCN(Cc2ccccc2CNC(=O)C2CCCCN2C(=O)c2cccs2)C1. The molecule has 5 nitrogen and oxygen atoms in total. The summed E-state index contributed by atoms with van der Waals surface area (Å²) >= 11 is 1.44. The van der Waals surface area contributed by atoms with Gasteiger partial charge < -0.3 is 10.2 Å². The number of hydrogen-bond acceptors (Lipinski definition) is 4. The zero-order valence-electron chi connectivity index (χ0n) is 18.4. The van der Waals surface area contributed by atoms with Gasteiger partial charge in [0.15, 0.2) is 0 Å². The van der Waals surface area contributed by atoms with Crippen LogP contribution in [0.25, 0.3) is 0 Å². The van der Waals surface area contributed by atoms with Crippen molar-refractivity contribution in [2.75, 3.05) is 19.6 Å². The van der Waals surface area contributed by atoms with Crippen LogP contribution in [0.3, 0.4) is 0 Å². The van der Waals surface area contributed by atoms with Crippen LogP contribution in [-0.4, -0.2) is 47.3 Å². The highest BCUT2D eigenvalue weighted by molar-refractivity contribution is 7.12. The van der Waals surface area contributed by atoms with Crippen LogP contribution in [0.4, 0.5) is 0 Å². The molecule has 0 bridgehead atoms. The molecule has 0 aliphatic carbocycles. The van der Waals surface area contributed by atoms with E-state index >= 15 is 0 Å². The Morgan fingerprint density at radius 2 is 1.87 bits per heavy atom. The number of likely N-dealkylation sites (tertiary alicyclic amines) is 2. The third-order valence-electron chi connectivity index (χ3n) is 6.50. The number of amides is 2. The van der Waals surface area contributed by atoms with Crippen LogP contribution in [0.15, 0.2) is 41.8 Å². The molecule has 2 unspecified atom stereocenters. The molecule has 1 aromatic carbocycles. The Morgan fingerprint density at radius 3 is 2.65 bits per heavy atom. The van der Waals surface area contributed by atoms with E-state index in [2.05, 4.69) is 35.3 Å². The number of benzene rings is 1. The van der Waals surface area contributed by atoms with Crippen LogP contribution < -0.4 is 5.32 Å². The van der Waals surface area contributed by atoms with Crippen molar-refractivity contribution in [2.45, 2.75) is 58.2 Å². The van der Waals surface area contributed by atoms with Gasteiger partial charge in [0.25, 0.3) is 5.91 Å². The molecule has 2 aliphatic rings. The Kier molecular flexibility index (Phi) is 7.41. The summed E-state index contributed by atoms with van der Waals surface area (Å²) in [4.78, 5) is 31.0. The van der Waals surface area contributed by atoms with E-state index in [-0.39, 0.29) is 17.9 Å². The largest absolute Gasteiger partial charge is 0.350 e. The molecule has 1 aromatic heterocycles. The monoisotopic (exact) mass is 439 g/mol. The van der Waals surface area contributed by atoms with Gasteiger partial charge in [-0.15, -0.1) is 11.3 Å². The molecule has 2 amide bonds. The molecule has 2 aromatic rings. The molecule has 0 radical (unpaired) electrons. The molecule has 2 fully saturated rings. The topological polar surface area (TPSA) is 52.7 Å². The van der Waals surface area contributed by atoms with E-state index in [4.69, 9.17) is 0 Å². The Morgan fingerprint density at radius 1 is 1.03 bits per heavy atom. The van der Waals surface area contributed by atoms with Gasteiger partial charge in [0.05, 0.1) is 4.88 Å². The Labute approximate surface area is 189 Å². The molecule has 0 saturated carbocycles. The smallest absolute Gasteiger partial charge is 0.264 e. The van der Waals surface area contributed by atoms with Gasteiger partial charge in [-0.2, -0.15) is 0 Å². The van der Waals surface area contributed by atoms with Gasteiger partial charge in [0.2, 0.25) is 5.91 Å². The van der Waals surface area contributed by atoms with E-state index in [9.17, 15) is 9.59 Å². The quantitative estimate of drug-likeness (QED) is 0.730. The van der Waals surface area contributed by atoms with Gasteiger partial charge in [0, 0.05) is 26.2 Å². The summed E-state index contributed by atoms with van der Waals surface area (Å²) in [5.41, 5.74) is 2.45. The highest BCUT2D eigenvalue weighted by Crippen LogP contribution is 2.23. The van der Waals surface area contributed by atoms with E-state index in [1.165, 1.54) is 35.3 Å². The highest BCUT2D eigenvalue weighted by Gasteiger charge is 2.33. The molecule has 2 aliphatic heterocycles. The van der Waals surface area contributed by atoms with E-state index < -0.39 is 0 Å². The molecule has 166 valence electrons. The summed E-state index contributed by atoms with van der Waals surface area (Å²) in [5.74, 6) is 0.694. The molecule has 2 saturated heterocycles. The molecule has 6 heteroatoms. The minimum atomic E-state index is -0.376. The zero-order valence-corrected chi connectivity index (χ0v) is 19.2. The minimum absolute atomic E-state index is 0.0190. The predicted octanol–water partition coefficient (Wildman–Crippen LogP) is 4.29. The first kappa shape index (κ1) is 22.0. The normalized spacial score (nSPS) is 22.3. The van der Waals surface area contributed by atoms with Gasteiger partial charge in [0.1, 0.15) is 6.04 Å². The second kappa shape index (κ2) is 10.4. The molecule has 31 heavy (non-hydrogen) atoms. The number of hydrogen-bond donors (Lipinski definition) is 1. The number of piperidine rings is 2. The lowest BCUT2D eigenvalue weighted by molar-refractivity contribution is -0.126. The average molecular weight is 440 g/mol. The van der Waals surface area contributed by atoms with Crippen LogP contribution in [0.1, 0.15) is 59.8 Å². The number of carbonyl (C=O) groups excluding carboxylic acids is 2. The van der Waals surface area contributed by atoms with Gasteiger partial charge >= 0.3 is 0 Å². The van der Waals surface area contributed by atoms with Gasteiger partial charge in [-0.3, -0.25) is 14.5 Å². The van der Waals surface area contributed by atoms with Crippen molar-refractivity contribution in [3.8, 4) is 0 Å². The first-order valence-electron chi connectivity index (χ1n) is 11.5. The number of rotatable bonds is 6. The van der Waals surface area contributed by atoms with Gasteiger partial charge in [-0.25, -0.2) is 0 Å².